The molecule has 2 rings (SSSR count). The summed E-state index contributed by atoms with van der Waals surface area (Å²) < 4.78 is 30.5. The van der Waals surface area contributed by atoms with E-state index in [2.05, 4.69) is 14.8 Å². The van der Waals surface area contributed by atoms with Crippen molar-refractivity contribution in [1.29, 1.82) is 0 Å². The Morgan fingerprint density at radius 2 is 2.29 bits per heavy atom. The number of nitrogens with two attached hydrogens (primary N) is 1. The number of nitrogens with one attached hydrogen (secondary N) is 1. The van der Waals surface area contributed by atoms with E-state index in [0.717, 1.165) is 6.42 Å². The van der Waals surface area contributed by atoms with Crippen molar-refractivity contribution in [2.75, 3.05) is 6.54 Å². The largest absolute Gasteiger partial charge is 0.336 e. The number of rotatable bonds is 8. The summed E-state index contributed by atoms with van der Waals surface area (Å²) in [5, 5.41) is 4.03. The minimum absolute atomic E-state index is 0.164. The molecule has 3 N–H and O–H groups in total. The maximum atomic E-state index is 12.2. The minimum Gasteiger partial charge on any atom is -0.336 e. The third-order valence-corrected chi connectivity index (χ3v) is 4.46. The van der Waals surface area contributed by atoms with Crippen molar-refractivity contribution in [2.45, 2.75) is 37.4 Å². The zero-order valence-corrected chi connectivity index (χ0v) is 12.7. The number of aryl methyl sites for hydroxylation is 1. The van der Waals surface area contributed by atoms with Crippen molar-refractivity contribution in [2.24, 2.45) is 5.73 Å². The van der Waals surface area contributed by atoms with Gasteiger partial charge in [0.15, 0.2) is 0 Å². The Bertz CT molecular complexity index is 649. The predicted molar refractivity (Wildman–Crippen MR) is 77.9 cm³/mol. The Balaban J connectivity index is 1.98. The van der Waals surface area contributed by atoms with E-state index >= 15 is 0 Å². The summed E-state index contributed by atoms with van der Waals surface area (Å²) in [5.74, 6) is 0. The molecule has 8 nitrogen and oxygen atoms in total. The van der Waals surface area contributed by atoms with Crippen molar-refractivity contribution >= 4 is 10.0 Å². The Kier molecular flexibility index (Phi) is 5.10. The van der Waals surface area contributed by atoms with E-state index in [0.29, 0.717) is 19.6 Å². The van der Waals surface area contributed by atoms with Crippen LogP contribution in [0.15, 0.2) is 36.0 Å². The molecule has 0 aromatic carbocycles. The third-order valence-electron chi connectivity index (χ3n) is 2.91. The van der Waals surface area contributed by atoms with Crippen LogP contribution in [0.3, 0.4) is 0 Å². The fourth-order valence-corrected chi connectivity index (χ4v) is 3.13. The molecule has 0 fully saturated rings. The highest BCUT2D eigenvalue weighted by molar-refractivity contribution is 7.89. The van der Waals surface area contributed by atoms with Gasteiger partial charge in [-0.15, -0.1) is 0 Å². The van der Waals surface area contributed by atoms with Crippen LogP contribution in [0.5, 0.6) is 0 Å². The molecule has 0 bridgehead atoms. The van der Waals surface area contributed by atoms with Crippen LogP contribution in [0.1, 0.15) is 13.3 Å². The summed E-state index contributed by atoms with van der Waals surface area (Å²) in [5.41, 5.74) is 5.42. The molecule has 2 aromatic rings. The summed E-state index contributed by atoms with van der Waals surface area (Å²) >= 11 is 0. The highest BCUT2D eigenvalue weighted by atomic mass is 32.2. The molecule has 0 radical (unpaired) electrons. The molecule has 0 aliphatic heterocycles. The molecule has 0 amide bonds. The molecule has 116 valence electrons. The maximum Gasteiger partial charge on any atom is 0.243 e. The fourth-order valence-electron chi connectivity index (χ4n) is 1.94. The van der Waals surface area contributed by atoms with Gasteiger partial charge >= 0.3 is 0 Å². The lowest BCUT2D eigenvalue weighted by molar-refractivity contribution is 0.520. The first-order chi connectivity index (χ1) is 10.0. The van der Waals surface area contributed by atoms with Crippen LogP contribution < -0.4 is 10.5 Å². The first-order valence-electron chi connectivity index (χ1n) is 6.72. The van der Waals surface area contributed by atoms with E-state index in [9.17, 15) is 8.42 Å². The molecule has 1 unspecified atom stereocenters. The molecule has 0 saturated heterocycles. The second-order valence-electron chi connectivity index (χ2n) is 4.86. The van der Waals surface area contributed by atoms with Crippen LogP contribution in [0.4, 0.5) is 0 Å². The lowest BCUT2D eigenvalue weighted by Crippen LogP contribution is -2.35. The Hall–Kier alpha value is -1.71. The molecule has 2 heterocycles. The van der Waals surface area contributed by atoms with E-state index in [4.69, 9.17) is 5.73 Å². The topological polar surface area (TPSA) is 108 Å². The van der Waals surface area contributed by atoms with Crippen molar-refractivity contribution in [3.05, 3.63) is 31.1 Å². The van der Waals surface area contributed by atoms with Gasteiger partial charge in [-0.05, 0) is 19.9 Å². The minimum atomic E-state index is -3.57. The molecule has 1 atom stereocenters. The number of imidazole rings is 1. The van der Waals surface area contributed by atoms with Gasteiger partial charge in [0.25, 0.3) is 0 Å². The van der Waals surface area contributed by atoms with Gasteiger partial charge < -0.3 is 10.3 Å². The van der Waals surface area contributed by atoms with Crippen molar-refractivity contribution in [1.82, 2.24) is 24.1 Å². The average molecular weight is 312 g/mol. The van der Waals surface area contributed by atoms with Gasteiger partial charge in [0.2, 0.25) is 10.0 Å². The summed E-state index contributed by atoms with van der Waals surface area (Å²) in [6.45, 7) is 3.47. The molecule has 21 heavy (non-hydrogen) atoms. The number of hydrogen-bond donors (Lipinski definition) is 2. The van der Waals surface area contributed by atoms with Gasteiger partial charge in [-0.25, -0.2) is 18.1 Å². The van der Waals surface area contributed by atoms with Crippen molar-refractivity contribution in [3.63, 3.8) is 0 Å². The summed E-state index contributed by atoms with van der Waals surface area (Å²) in [7, 11) is -3.57. The van der Waals surface area contributed by atoms with Gasteiger partial charge in [0, 0.05) is 37.7 Å². The molecule has 9 heteroatoms. The van der Waals surface area contributed by atoms with E-state index in [-0.39, 0.29) is 10.9 Å². The Morgan fingerprint density at radius 1 is 1.48 bits per heavy atom. The molecule has 0 spiro atoms. The molecular formula is C12H20N6O2S. The van der Waals surface area contributed by atoms with Crippen LogP contribution in [-0.4, -0.2) is 40.3 Å². The van der Waals surface area contributed by atoms with Crippen molar-refractivity contribution < 1.29 is 8.42 Å². The number of nitrogens with zero attached hydrogens (tertiary/aromatic N) is 4. The van der Waals surface area contributed by atoms with Gasteiger partial charge in [-0.2, -0.15) is 5.10 Å². The van der Waals surface area contributed by atoms with E-state index in [1.807, 2.05) is 4.57 Å². The van der Waals surface area contributed by atoms with Crippen LogP contribution in [0.2, 0.25) is 0 Å². The Labute approximate surface area is 124 Å². The molecule has 0 saturated carbocycles. The lowest BCUT2D eigenvalue weighted by atomic mass is 10.4. The molecule has 0 aliphatic carbocycles. The lowest BCUT2D eigenvalue weighted by Gasteiger charge is -2.13. The first-order valence-corrected chi connectivity index (χ1v) is 8.20. The third kappa shape index (κ3) is 4.38. The summed E-state index contributed by atoms with van der Waals surface area (Å²) in [6.07, 6.45) is 8.71. The standard InChI is InChI=1S/C12H20N6O2S/c1-11(8-17-6-4-14-10-17)16-21(19,20)12-7-15-18(9-12)5-2-3-13/h4,6-7,9-11,16H,2-3,5,8,13H2,1H3. The van der Waals surface area contributed by atoms with Crippen LogP contribution in [0.25, 0.3) is 0 Å². The van der Waals surface area contributed by atoms with Gasteiger partial charge in [0.1, 0.15) is 4.90 Å². The Morgan fingerprint density at radius 3 is 2.95 bits per heavy atom. The monoisotopic (exact) mass is 312 g/mol. The van der Waals surface area contributed by atoms with Gasteiger partial charge in [-0.3, -0.25) is 4.68 Å². The predicted octanol–water partition coefficient (Wildman–Crippen LogP) is -0.205. The number of aromatic nitrogens is 4. The highest BCUT2D eigenvalue weighted by Gasteiger charge is 2.19. The summed E-state index contributed by atoms with van der Waals surface area (Å²) in [4.78, 5) is 4.09. The number of hydrogen-bond acceptors (Lipinski definition) is 5. The summed E-state index contributed by atoms with van der Waals surface area (Å²) in [6, 6.07) is -0.253. The van der Waals surface area contributed by atoms with E-state index in [1.54, 1.807) is 30.3 Å². The van der Waals surface area contributed by atoms with Crippen LogP contribution >= 0.6 is 0 Å². The second-order valence-corrected chi connectivity index (χ2v) is 6.58. The van der Waals surface area contributed by atoms with Crippen LogP contribution in [-0.2, 0) is 23.1 Å². The smallest absolute Gasteiger partial charge is 0.243 e. The van der Waals surface area contributed by atoms with E-state index < -0.39 is 10.0 Å². The zero-order chi connectivity index (χ0) is 15.3. The highest BCUT2D eigenvalue weighted by Crippen LogP contribution is 2.08. The zero-order valence-electron chi connectivity index (χ0n) is 11.9. The molecule has 0 aliphatic rings. The SMILES string of the molecule is CC(Cn1ccnc1)NS(=O)(=O)c1cnn(CCCN)c1. The molecule has 2 aromatic heterocycles. The van der Waals surface area contributed by atoms with Crippen LogP contribution in [0, 0.1) is 0 Å². The molecular weight excluding hydrogens is 292 g/mol. The normalized spacial score (nSPS) is 13.4. The number of sulfonamides is 1. The van der Waals surface area contributed by atoms with Gasteiger partial charge in [0.05, 0.1) is 12.5 Å². The average Bonchev–Trinajstić information content (AvgIpc) is 3.06. The fraction of sp³-hybridized carbons (Fsp3) is 0.500. The quantitative estimate of drug-likeness (QED) is 0.701. The van der Waals surface area contributed by atoms with Crippen molar-refractivity contribution in [3.8, 4) is 0 Å². The maximum absolute atomic E-state index is 12.2. The van der Waals surface area contributed by atoms with Gasteiger partial charge in [-0.1, -0.05) is 0 Å². The first kappa shape index (κ1) is 15.7. The second kappa shape index (κ2) is 6.83. The van der Waals surface area contributed by atoms with E-state index in [1.165, 1.54) is 12.4 Å².